The van der Waals surface area contributed by atoms with Crippen LogP contribution in [0.2, 0.25) is 0 Å². The lowest BCUT2D eigenvalue weighted by Crippen LogP contribution is -2.35. The first-order valence-corrected chi connectivity index (χ1v) is 6.63. The van der Waals surface area contributed by atoms with Crippen molar-refractivity contribution >= 4 is 11.6 Å². The van der Waals surface area contributed by atoms with Crippen LogP contribution in [0.25, 0.3) is 0 Å². The van der Waals surface area contributed by atoms with Crippen LogP contribution in [0.3, 0.4) is 0 Å². The van der Waals surface area contributed by atoms with Gasteiger partial charge in [0, 0.05) is 31.8 Å². The number of aromatic nitrogens is 2. The van der Waals surface area contributed by atoms with Gasteiger partial charge in [0.1, 0.15) is 18.0 Å². The second-order valence-electron chi connectivity index (χ2n) is 5.17. The minimum Gasteiger partial charge on any atom is -0.396 e. The molecule has 5 heteroatoms. The molecule has 1 fully saturated rings. The molecule has 1 saturated heterocycles. The monoisotopic (exact) mass is 250 g/mol. The molecule has 1 aliphatic heterocycles. The highest BCUT2D eigenvalue weighted by molar-refractivity contribution is 5.48. The number of nitrogens with zero attached hydrogens (tertiary/aromatic N) is 3. The molecule has 0 saturated carbocycles. The third kappa shape index (κ3) is 3.32. The number of hydrogen-bond donors (Lipinski definition) is 2. The van der Waals surface area contributed by atoms with Crippen molar-refractivity contribution in [3.63, 3.8) is 0 Å². The predicted octanol–water partition coefficient (Wildman–Crippen LogP) is 1.51. The van der Waals surface area contributed by atoms with Crippen molar-refractivity contribution < 1.29 is 5.11 Å². The van der Waals surface area contributed by atoms with Crippen LogP contribution in [0.1, 0.15) is 26.7 Å². The number of aliphatic hydroxyl groups excluding tert-OH is 1. The highest BCUT2D eigenvalue weighted by Crippen LogP contribution is 2.22. The van der Waals surface area contributed by atoms with Gasteiger partial charge in [0.2, 0.25) is 0 Å². The van der Waals surface area contributed by atoms with Crippen LogP contribution in [0.15, 0.2) is 12.4 Å². The highest BCUT2D eigenvalue weighted by atomic mass is 16.3. The molecular formula is C13H22N4O. The van der Waals surface area contributed by atoms with E-state index in [9.17, 15) is 0 Å². The summed E-state index contributed by atoms with van der Waals surface area (Å²) in [6.07, 6.45) is 3.68. The largest absolute Gasteiger partial charge is 0.396 e. The van der Waals surface area contributed by atoms with Gasteiger partial charge >= 0.3 is 0 Å². The minimum atomic E-state index is 0.303. The topological polar surface area (TPSA) is 61.3 Å². The molecule has 2 N–H and O–H groups in total. The van der Waals surface area contributed by atoms with Crippen molar-refractivity contribution in [1.29, 1.82) is 0 Å². The second kappa shape index (κ2) is 6.00. The SMILES string of the molecule is CC(C)Nc1cc(N2CCC(CO)CC2)ncn1. The molecule has 5 nitrogen and oxygen atoms in total. The Morgan fingerprint density at radius 2 is 2.11 bits per heavy atom. The van der Waals surface area contributed by atoms with Gasteiger partial charge in [-0.2, -0.15) is 0 Å². The Morgan fingerprint density at radius 1 is 1.39 bits per heavy atom. The van der Waals surface area contributed by atoms with Gasteiger partial charge in [-0.1, -0.05) is 0 Å². The molecule has 0 radical (unpaired) electrons. The van der Waals surface area contributed by atoms with E-state index in [4.69, 9.17) is 5.11 Å². The molecule has 0 bridgehead atoms. The maximum absolute atomic E-state index is 9.14. The number of hydrogen-bond acceptors (Lipinski definition) is 5. The van der Waals surface area contributed by atoms with Crippen molar-refractivity contribution in [1.82, 2.24) is 9.97 Å². The Kier molecular flexibility index (Phi) is 4.36. The van der Waals surface area contributed by atoms with Crippen LogP contribution in [-0.4, -0.2) is 40.8 Å². The third-order valence-electron chi connectivity index (χ3n) is 3.29. The van der Waals surface area contributed by atoms with Crippen molar-refractivity contribution in [2.75, 3.05) is 29.9 Å². The molecule has 1 aromatic heterocycles. The maximum Gasteiger partial charge on any atom is 0.134 e. The molecule has 0 aromatic carbocycles. The molecule has 0 unspecified atom stereocenters. The summed E-state index contributed by atoms with van der Waals surface area (Å²) >= 11 is 0. The van der Waals surface area contributed by atoms with Crippen LogP contribution < -0.4 is 10.2 Å². The lowest BCUT2D eigenvalue weighted by molar-refractivity contribution is 0.203. The van der Waals surface area contributed by atoms with Crippen LogP contribution in [-0.2, 0) is 0 Å². The highest BCUT2D eigenvalue weighted by Gasteiger charge is 2.19. The zero-order valence-corrected chi connectivity index (χ0v) is 11.1. The third-order valence-corrected chi connectivity index (χ3v) is 3.29. The Bertz CT molecular complexity index is 375. The zero-order chi connectivity index (χ0) is 13.0. The van der Waals surface area contributed by atoms with Gasteiger partial charge in [0.05, 0.1) is 0 Å². The molecule has 0 amide bonds. The quantitative estimate of drug-likeness (QED) is 0.848. The fraction of sp³-hybridized carbons (Fsp3) is 0.692. The second-order valence-corrected chi connectivity index (χ2v) is 5.17. The number of nitrogens with one attached hydrogen (secondary N) is 1. The molecular weight excluding hydrogens is 228 g/mol. The van der Waals surface area contributed by atoms with E-state index in [1.807, 2.05) is 6.07 Å². The molecule has 2 rings (SSSR count). The van der Waals surface area contributed by atoms with E-state index < -0.39 is 0 Å². The number of anilines is 2. The number of rotatable bonds is 4. The van der Waals surface area contributed by atoms with E-state index in [0.29, 0.717) is 18.6 Å². The number of piperidine rings is 1. The van der Waals surface area contributed by atoms with E-state index in [2.05, 4.69) is 34.0 Å². The molecule has 0 spiro atoms. The first-order valence-electron chi connectivity index (χ1n) is 6.63. The van der Waals surface area contributed by atoms with Gasteiger partial charge in [-0.25, -0.2) is 9.97 Å². The summed E-state index contributed by atoms with van der Waals surface area (Å²) in [5, 5.41) is 12.4. The molecule has 1 aromatic rings. The number of aliphatic hydroxyl groups is 1. The predicted molar refractivity (Wildman–Crippen MR) is 72.8 cm³/mol. The average Bonchev–Trinajstić information content (AvgIpc) is 2.38. The van der Waals surface area contributed by atoms with E-state index in [1.165, 1.54) is 0 Å². The summed E-state index contributed by atoms with van der Waals surface area (Å²) in [6.45, 7) is 6.41. The summed E-state index contributed by atoms with van der Waals surface area (Å²) in [4.78, 5) is 10.8. The molecule has 100 valence electrons. The van der Waals surface area contributed by atoms with Crippen LogP contribution >= 0.6 is 0 Å². The smallest absolute Gasteiger partial charge is 0.134 e. The van der Waals surface area contributed by atoms with Gasteiger partial charge in [-0.3, -0.25) is 0 Å². The Balaban J connectivity index is 2.00. The Morgan fingerprint density at radius 3 is 2.72 bits per heavy atom. The standard InChI is InChI=1S/C13H22N4O/c1-10(2)16-12-7-13(15-9-14-12)17-5-3-11(8-18)4-6-17/h7,9-11,18H,3-6,8H2,1-2H3,(H,14,15,16). The van der Waals surface area contributed by atoms with Crippen LogP contribution in [0.4, 0.5) is 11.6 Å². The van der Waals surface area contributed by atoms with Gasteiger partial charge in [-0.05, 0) is 32.6 Å². The van der Waals surface area contributed by atoms with Gasteiger partial charge in [0.25, 0.3) is 0 Å². The molecule has 0 aliphatic carbocycles. The van der Waals surface area contributed by atoms with E-state index in [1.54, 1.807) is 6.33 Å². The Hall–Kier alpha value is -1.36. The molecule has 0 atom stereocenters. The van der Waals surface area contributed by atoms with Crippen LogP contribution in [0, 0.1) is 5.92 Å². The molecule has 2 heterocycles. The summed E-state index contributed by atoms with van der Waals surface area (Å²) in [5.74, 6) is 2.31. The van der Waals surface area contributed by atoms with E-state index >= 15 is 0 Å². The van der Waals surface area contributed by atoms with Gasteiger partial charge in [0.15, 0.2) is 0 Å². The van der Waals surface area contributed by atoms with Crippen molar-refractivity contribution in [3.8, 4) is 0 Å². The summed E-state index contributed by atoms with van der Waals surface area (Å²) in [7, 11) is 0. The zero-order valence-electron chi connectivity index (χ0n) is 11.1. The van der Waals surface area contributed by atoms with Crippen LogP contribution in [0.5, 0.6) is 0 Å². The summed E-state index contributed by atoms with van der Waals surface area (Å²) in [6, 6.07) is 2.37. The van der Waals surface area contributed by atoms with Crippen molar-refractivity contribution in [3.05, 3.63) is 12.4 Å². The summed E-state index contributed by atoms with van der Waals surface area (Å²) < 4.78 is 0. The first kappa shape index (κ1) is 13.1. The van der Waals surface area contributed by atoms with Crippen molar-refractivity contribution in [2.24, 2.45) is 5.92 Å². The first-order chi connectivity index (χ1) is 8.69. The van der Waals surface area contributed by atoms with Crippen molar-refractivity contribution in [2.45, 2.75) is 32.7 Å². The van der Waals surface area contributed by atoms with Gasteiger partial charge in [-0.15, -0.1) is 0 Å². The fourth-order valence-corrected chi connectivity index (χ4v) is 2.24. The lowest BCUT2D eigenvalue weighted by atomic mass is 9.98. The minimum absolute atomic E-state index is 0.303. The van der Waals surface area contributed by atoms with E-state index in [0.717, 1.165) is 37.6 Å². The summed E-state index contributed by atoms with van der Waals surface area (Å²) in [5.41, 5.74) is 0. The average molecular weight is 250 g/mol. The maximum atomic E-state index is 9.14. The molecule has 1 aliphatic rings. The lowest BCUT2D eigenvalue weighted by Gasteiger charge is -2.32. The molecule has 18 heavy (non-hydrogen) atoms. The Labute approximate surface area is 108 Å². The normalized spacial score (nSPS) is 17.2. The fourth-order valence-electron chi connectivity index (χ4n) is 2.24. The van der Waals surface area contributed by atoms with E-state index in [-0.39, 0.29) is 0 Å². The van der Waals surface area contributed by atoms with Gasteiger partial charge < -0.3 is 15.3 Å².